The topological polar surface area (TPSA) is 49.8 Å². The van der Waals surface area contributed by atoms with Crippen LogP contribution >= 0.6 is 0 Å². The zero-order valence-electron chi connectivity index (χ0n) is 13.0. The zero-order valence-corrected chi connectivity index (χ0v) is 13.0. The number of hydrogen-bond donors (Lipinski definition) is 1. The lowest BCUT2D eigenvalue weighted by Gasteiger charge is -2.22. The van der Waals surface area contributed by atoms with Crippen LogP contribution in [0, 0.1) is 5.82 Å². The fraction of sp³-hybridized carbons (Fsp3) is 0.235. The molecular weight excluding hydrogens is 342 g/mol. The van der Waals surface area contributed by atoms with Crippen LogP contribution in [-0.4, -0.2) is 24.4 Å². The molecule has 0 aliphatic rings. The summed E-state index contributed by atoms with van der Waals surface area (Å²) in [6.07, 6.45) is -5.85. The van der Waals surface area contributed by atoms with Gasteiger partial charge in [-0.2, -0.15) is 13.2 Å². The predicted molar refractivity (Wildman–Crippen MR) is 82.5 cm³/mol. The van der Waals surface area contributed by atoms with E-state index in [4.69, 9.17) is 9.84 Å². The molecule has 0 fully saturated rings. The van der Waals surface area contributed by atoms with Crippen LogP contribution in [0.15, 0.2) is 48.5 Å². The third kappa shape index (κ3) is 4.93. The van der Waals surface area contributed by atoms with Gasteiger partial charge in [-0.1, -0.05) is 30.3 Å². The number of hydrogen-bond acceptors (Lipinski definition) is 3. The Morgan fingerprint density at radius 1 is 1.12 bits per heavy atom. The van der Waals surface area contributed by atoms with Gasteiger partial charge in [-0.05, 0) is 23.8 Å². The van der Waals surface area contributed by atoms with Gasteiger partial charge in [-0.25, -0.2) is 9.18 Å². The van der Waals surface area contributed by atoms with Crippen molar-refractivity contribution < 1.29 is 32.2 Å². The van der Waals surface area contributed by atoms with Crippen LogP contribution in [0.3, 0.4) is 0 Å². The number of alkyl halides is 3. The van der Waals surface area contributed by atoms with Crippen molar-refractivity contribution in [3.8, 4) is 0 Å². The second kappa shape index (κ2) is 7.98. The van der Waals surface area contributed by atoms with Gasteiger partial charge in [0.05, 0.1) is 18.7 Å². The third-order valence-corrected chi connectivity index (χ3v) is 3.32. The van der Waals surface area contributed by atoms with E-state index in [0.717, 1.165) is 11.0 Å². The van der Waals surface area contributed by atoms with Crippen molar-refractivity contribution in [2.24, 2.45) is 0 Å². The van der Waals surface area contributed by atoms with Gasteiger partial charge in [-0.15, -0.1) is 0 Å². The number of benzene rings is 2. The first-order valence-corrected chi connectivity index (χ1v) is 7.28. The van der Waals surface area contributed by atoms with E-state index in [1.165, 1.54) is 0 Å². The number of halogens is 4. The Morgan fingerprint density at radius 3 is 2.40 bits per heavy atom. The number of amides is 1. The molecule has 134 valence electrons. The van der Waals surface area contributed by atoms with Crippen LogP contribution in [0.2, 0.25) is 0 Å². The summed E-state index contributed by atoms with van der Waals surface area (Å²) in [7, 11) is 0. The quantitative estimate of drug-likeness (QED) is 0.824. The fourth-order valence-electron chi connectivity index (χ4n) is 2.12. The average Bonchev–Trinajstić information content (AvgIpc) is 2.58. The van der Waals surface area contributed by atoms with Gasteiger partial charge in [0.15, 0.2) is 0 Å². The molecule has 1 amide bonds. The highest BCUT2D eigenvalue weighted by Gasteiger charge is 2.35. The number of anilines is 1. The molecule has 4 nitrogen and oxygen atoms in total. The van der Waals surface area contributed by atoms with Crippen LogP contribution in [0.1, 0.15) is 11.1 Å². The van der Waals surface area contributed by atoms with Crippen LogP contribution in [0.4, 0.5) is 28.0 Å². The van der Waals surface area contributed by atoms with Crippen LogP contribution in [0.5, 0.6) is 0 Å². The van der Waals surface area contributed by atoms with Crippen molar-refractivity contribution in [1.82, 2.24) is 0 Å². The van der Waals surface area contributed by atoms with E-state index in [1.807, 2.05) is 0 Å². The summed E-state index contributed by atoms with van der Waals surface area (Å²) in [5, 5.41) is 9.07. The molecule has 25 heavy (non-hydrogen) atoms. The molecule has 0 atom stereocenters. The van der Waals surface area contributed by atoms with Crippen molar-refractivity contribution >= 4 is 11.8 Å². The van der Waals surface area contributed by atoms with Crippen LogP contribution in [0.25, 0.3) is 0 Å². The van der Waals surface area contributed by atoms with Gasteiger partial charge in [0.2, 0.25) is 0 Å². The lowest BCUT2D eigenvalue weighted by Crippen LogP contribution is -2.34. The minimum absolute atomic E-state index is 0.0884. The maximum atomic E-state index is 13.4. The smallest absolute Gasteiger partial charge is 0.419 e. The maximum Gasteiger partial charge on any atom is 0.419 e. The third-order valence-electron chi connectivity index (χ3n) is 3.32. The zero-order chi connectivity index (χ0) is 18.4. The lowest BCUT2D eigenvalue weighted by atomic mass is 10.1. The first-order valence-electron chi connectivity index (χ1n) is 7.28. The Hall–Kier alpha value is -2.61. The molecule has 0 bridgehead atoms. The number of aliphatic hydroxyl groups is 1. The second-order valence-corrected chi connectivity index (χ2v) is 5.08. The molecule has 8 heteroatoms. The van der Waals surface area contributed by atoms with Gasteiger partial charge < -0.3 is 9.84 Å². The molecule has 0 saturated carbocycles. The standard InChI is InChI=1S/C17H15F4NO3/c18-15-7-6-13(10-14(15)17(19,20)21)22(8-9-23)16(24)25-11-12-4-2-1-3-5-12/h1-7,10,23H,8-9,11H2. The second-order valence-electron chi connectivity index (χ2n) is 5.08. The normalized spacial score (nSPS) is 11.2. The Bertz CT molecular complexity index is 720. The number of rotatable bonds is 5. The molecule has 0 aromatic heterocycles. The molecule has 0 saturated heterocycles. The van der Waals surface area contributed by atoms with Crippen molar-refractivity contribution in [2.75, 3.05) is 18.1 Å². The Labute approximate surface area is 141 Å². The molecule has 2 aromatic carbocycles. The molecule has 0 aliphatic carbocycles. The fourth-order valence-corrected chi connectivity index (χ4v) is 2.12. The van der Waals surface area contributed by atoms with E-state index in [9.17, 15) is 22.4 Å². The van der Waals surface area contributed by atoms with Crippen molar-refractivity contribution in [3.05, 3.63) is 65.5 Å². The maximum absolute atomic E-state index is 13.4. The van der Waals surface area contributed by atoms with Crippen molar-refractivity contribution in [3.63, 3.8) is 0 Å². The highest BCUT2D eigenvalue weighted by molar-refractivity contribution is 5.87. The van der Waals surface area contributed by atoms with Gasteiger partial charge >= 0.3 is 12.3 Å². The molecule has 1 N–H and O–H groups in total. The highest BCUT2D eigenvalue weighted by Crippen LogP contribution is 2.34. The SMILES string of the molecule is O=C(OCc1ccccc1)N(CCO)c1ccc(F)c(C(F)(F)F)c1. The molecule has 0 spiro atoms. The van der Waals surface area contributed by atoms with E-state index in [2.05, 4.69) is 0 Å². The van der Waals surface area contributed by atoms with Gasteiger partial charge in [-0.3, -0.25) is 4.90 Å². The van der Waals surface area contributed by atoms with E-state index in [-0.39, 0.29) is 18.8 Å². The molecular formula is C17H15F4NO3. The molecule has 0 radical (unpaired) electrons. The summed E-state index contributed by atoms with van der Waals surface area (Å²) in [5.74, 6) is -1.45. The van der Waals surface area contributed by atoms with Gasteiger partial charge in [0, 0.05) is 5.69 Å². The lowest BCUT2D eigenvalue weighted by molar-refractivity contribution is -0.139. The van der Waals surface area contributed by atoms with Gasteiger partial charge in [0.25, 0.3) is 0 Å². The molecule has 2 aromatic rings. The first kappa shape index (κ1) is 18.7. The molecule has 0 heterocycles. The largest absolute Gasteiger partial charge is 0.444 e. The van der Waals surface area contributed by atoms with Crippen LogP contribution < -0.4 is 4.90 Å². The minimum Gasteiger partial charge on any atom is -0.444 e. The average molecular weight is 357 g/mol. The highest BCUT2D eigenvalue weighted by atomic mass is 19.4. The van der Waals surface area contributed by atoms with Crippen molar-refractivity contribution in [1.29, 1.82) is 0 Å². The van der Waals surface area contributed by atoms with E-state index >= 15 is 0 Å². The summed E-state index contributed by atoms with van der Waals surface area (Å²) >= 11 is 0. The Kier molecular flexibility index (Phi) is 5.97. The summed E-state index contributed by atoms with van der Waals surface area (Å²) in [6.45, 7) is -0.884. The van der Waals surface area contributed by atoms with E-state index in [0.29, 0.717) is 17.7 Å². The van der Waals surface area contributed by atoms with Crippen LogP contribution in [-0.2, 0) is 17.5 Å². The van der Waals surface area contributed by atoms with Crippen molar-refractivity contribution in [2.45, 2.75) is 12.8 Å². The summed E-state index contributed by atoms with van der Waals surface area (Å²) in [4.78, 5) is 13.0. The van der Waals surface area contributed by atoms with E-state index < -0.39 is 30.3 Å². The number of carbonyl (C=O) groups excluding carboxylic acids is 1. The monoisotopic (exact) mass is 357 g/mol. The Morgan fingerprint density at radius 2 is 1.80 bits per heavy atom. The number of ether oxygens (including phenoxy) is 1. The Balaban J connectivity index is 2.21. The number of nitrogens with zero attached hydrogens (tertiary/aromatic N) is 1. The summed E-state index contributed by atoms with van der Waals surface area (Å²) in [5.41, 5.74) is -1.03. The summed E-state index contributed by atoms with van der Waals surface area (Å²) < 4.78 is 56.9. The predicted octanol–water partition coefficient (Wildman–Crippen LogP) is 3.98. The number of aliphatic hydroxyl groups excluding tert-OH is 1. The minimum atomic E-state index is -4.90. The van der Waals surface area contributed by atoms with E-state index in [1.54, 1.807) is 30.3 Å². The molecule has 0 unspecified atom stereocenters. The summed E-state index contributed by atoms with van der Waals surface area (Å²) in [6, 6.07) is 10.8. The first-order chi connectivity index (χ1) is 11.8. The number of carbonyl (C=O) groups is 1. The van der Waals surface area contributed by atoms with Gasteiger partial charge in [0.1, 0.15) is 12.4 Å². The molecule has 2 rings (SSSR count). The molecule has 0 aliphatic heterocycles.